The third-order valence-electron chi connectivity index (χ3n) is 4.19. The van der Waals surface area contributed by atoms with Crippen LogP contribution in [0.3, 0.4) is 0 Å². The highest BCUT2D eigenvalue weighted by atomic mass is 35.5. The van der Waals surface area contributed by atoms with Crippen molar-refractivity contribution in [2.45, 2.75) is 51.0 Å². The zero-order valence-electron chi connectivity index (χ0n) is 11.5. The van der Waals surface area contributed by atoms with Gasteiger partial charge in [-0.1, -0.05) is 37.4 Å². The van der Waals surface area contributed by atoms with Crippen molar-refractivity contribution < 1.29 is 0 Å². The van der Waals surface area contributed by atoms with E-state index in [4.69, 9.17) is 11.6 Å². The van der Waals surface area contributed by atoms with Crippen molar-refractivity contribution in [1.82, 2.24) is 0 Å². The smallest absolute Gasteiger partial charge is 0.125 e. The van der Waals surface area contributed by atoms with Crippen LogP contribution in [0.1, 0.15) is 45.4 Å². The molecular weight excluding hydrogens is 256 g/mol. The molecule has 19 heavy (non-hydrogen) atoms. The largest absolute Gasteiger partial charge is 0.367 e. The van der Waals surface area contributed by atoms with Gasteiger partial charge in [-0.25, -0.2) is 0 Å². The summed E-state index contributed by atoms with van der Waals surface area (Å²) in [4.78, 5) is 0. The zero-order valence-corrected chi connectivity index (χ0v) is 12.2. The normalized spacial score (nSPS) is 27.3. The summed E-state index contributed by atoms with van der Waals surface area (Å²) in [7, 11) is 0. The van der Waals surface area contributed by atoms with Crippen LogP contribution in [0.5, 0.6) is 0 Å². The summed E-state index contributed by atoms with van der Waals surface area (Å²) in [6.07, 6.45) is 6.58. The molecule has 1 saturated carbocycles. The van der Waals surface area contributed by atoms with Crippen LogP contribution in [-0.4, -0.2) is 5.54 Å². The topological polar surface area (TPSA) is 35.8 Å². The van der Waals surface area contributed by atoms with Gasteiger partial charge in [0.05, 0.1) is 6.07 Å². The van der Waals surface area contributed by atoms with E-state index in [9.17, 15) is 5.26 Å². The molecule has 1 aromatic rings. The minimum absolute atomic E-state index is 0.422. The number of nitrogens with zero attached hydrogens (tertiary/aromatic N) is 1. The maximum Gasteiger partial charge on any atom is 0.125 e. The quantitative estimate of drug-likeness (QED) is 0.788. The van der Waals surface area contributed by atoms with Gasteiger partial charge in [-0.3, -0.25) is 0 Å². The lowest BCUT2D eigenvalue weighted by atomic mass is 9.90. The van der Waals surface area contributed by atoms with Gasteiger partial charge in [0.15, 0.2) is 0 Å². The number of nitriles is 1. The molecule has 1 N–H and O–H groups in total. The first kappa shape index (κ1) is 14.2. The van der Waals surface area contributed by atoms with Crippen molar-refractivity contribution in [2.24, 2.45) is 5.92 Å². The third kappa shape index (κ3) is 3.64. The molecule has 1 fully saturated rings. The molecule has 2 rings (SSSR count). The van der Waals surface area contributed by atoms with Gasteiger partial charge in [0, 0.05) is 10.7 Å². The number of nitrogens with one attached hydrogen (secondary N) is 1. The zero-order chi connectivity index (χ0) is 13.7. The molecule has 0 aromatic heterocycles. The Labute approximate surface area is 120 Å². The van der Waals surface area contributed by atoms with Crippen molar-refractivity contribution in [2.75, 3.05) is 5.32 Å². The molecule has 2 unspecified atom stereocenters. The van der Waals surface area contributed by atoms with E-state index in [2.05, 4.69) is 18.3 Å². The Morgan fingerprint density at radius 3 is 2.95 bits per heavy atom. The molecule has 0 heterocycles. The molecule has 1 aliphatic rings. The monoisotopic (exact) mass is 276 g/mol. The van der Waals surface area contributed by atoms with E-state index in [1.165, 1.54) is 12.8 Å². The lowest BCUT2D eigenvalue weighted by molar-refractivity contribution is 0.436. The first-order chi connectivity index (χ1) is 9.17. The van der Waals surface area contributed by atoms with Crippen LogP contribution in [0.2, 0.25) is 5.02 Å². The molecule has 1 aliphatic carbocycles. The Hall–Kier alpha value is -1.20. The van der Waals surface area contributed by atoms with E-state index in [1.807, 2.05) is 24.3 Å². The summed E-state index contributed by atoms with van der Waals surface area (Å²) < 4.78 is 0. The molecular formula is C16H21ClN2. The Balaban J connectivity index is 2.12. The summed E-state index contributed by atoms with van der Waals surface area (Å²) in [5, 5.41) is 13.7. The standard InChI is InChI=1S/C16H21ClN2/c1-2-13-5-4-9-16(12-18,10-8-13)19-15-7-3-6-14(17)11-15/h3,6-7,11,13,19H,2,4-5,8-10H2,1H3. The minimum Gasteiger partial charge on any atom is -0.367 e. The maximum absolute atomic E-state index is 9.61. The molecule has 2 nitrogen and oxygen atoms in total. The van der Waals surface area contributed by atoms with Crippen molar-refractivity contribution in [3.05, 3.63) is 29.3 Å². The number of benzene rings is 1. The molecule has 0 amide bonds. The fourth-order valence-electron chi connectivity index (χ4n) is 2.93. The molecule has 0 aliphatic heterocycles. The van der Waals surface area contributed by atoms with Crippen LogP contribution in [0, 0.1) is 17.2 Å². The lowest BCUT2D eigenvalue weighted by Crippen LogP contribution is -2.36. The van der Waals surface area contributed by atoms with Crippen molar-refractivity contribution in [3.8, 4) is 6.07 Å². The van der Waals surface area contributed by atoms with Gasteiger partial charge in [0.1, 0.15) is 5.54 Å². The summed E-state index contributed by atoms with van der Waals surface area (Å²) in [5.41, 5.74) is 0.526. The van der Waals surface area contributed by atoms with Crippen LogP contribution < -0.4 is 5.32 Å². The summed E-state index contributed by atoms with van der Waals surface area (Å²) in [6, 6.07) is 10.2. The molecule has 1 aromatic carbocycles. The second-order valence-electron chi connectivity index (χ2n) is 5.53. The fraction of sp³-hybridized carbons (Fsp3) is 0.562. The molecule has 3 heteroatoms. The van der Waals surface area contributed by atoms with Gasteiger partial charge in [0.25, 0.3) is 0 Å². The Kier molecular flexibility index (Phi) is 4.71. The van der Waals surface area contributed by atoms with Crippen LogP contribution in [-0.2, 0) is 0 Å². The van der Waals surface area contributed by atoms with E-state index in [-0.39, 0.29) is 0 Å². The first-order valence-corrected chi connectivity index (χ1v) is 7.50. The first-order valence-electron chi connectivity index (χ1n) is 7.12. The molecule has 0 radical (unpaired) electrons. The summed E-state index contributed by atoms with van der Waals surface area (Å²) >= 11 is 6.01. The minimum atomic E-state index is -0.422. The number of halogens is 1. The molecule has 2 atom stereocenters. The molecule has 0 saturated heterocycles. The van der Waals surface area contributed by atoms with Gasteiger partial charge < -0.3 is 5.32 Å². The Bertz CT molecular complexity index is 466. The van der Waals surface area contributed by atoms with Crippen LogP contribution in [0.15, 0.2) is 24.3 Å². The number of hydrogen-bond donors (Lipinski definition) is 1. The molecule has 0 spiro atoms. The van der Waals surface area contributed by atoms with Crippen LogP contribution >= 0.6 is 11.6 Å². The second-order valence-corrected chi connectivity index (χ2v) is 5.97. The maximum atomic E-state index is 9.61. The predicted octanol–water partition coefficient (Wildman–Crippen LogP) is 5.00. The fourth-order valence-corrected chi connectivity index (χ4v) is 3.12. The van der Waals surface area contributed by atoms with E-state index < -0.39 is 5.54 Å². The van der Waals surface area contributed by atoms with Gasteiger partial charge in [0.2, 0.25) is 0 Å². The van der Waals surface area contributed by atoms with Crippen molar-refractivity contribution in [3.63, 3.8) is 0 Å². The van der Waals surface area contributed by atoms with E-state index in [0.717, 1.165) is 37.3 Å². The third-order valence-corrected chi connectivity index (χ3v) is 4.43. The van der Waals surface area contributed by atoms with Gasteiger partial charge in [-0.15, -0.1) is 0 Å². The number of anilines is 1. The molecule has 0 bridgehead atoms. The Morgan fingerprint density at radius 1 is 1.42 bits per heavy atom. The van der Waals surface area contributed by atoms with Gasteiger partial charge in [-0.05, 0) is 49.8 Å². The average molecular weight is 277 g/mol. The lowest BCUT2D eigenvalue weighted by Gasteiger charge is -2.27. The average Bonchev–Trinajstić information content (AvgIpc) is 2.62. The van der Waals surface area contributed by atoms with Crippen LogP contribution in [0.4, 0.5) is 5.69 Å². The van der Waals surface area contributed by atoms with E-state index in [0.29, 0.717) is 5.02 Å². The van der Waals surface area contributed by atoms with Crippen LogP contribution in [0.25, 0.3) is 0 Å². The van der Waals surface area contributed by atoms with Gasteiger partial charge >= 0.3 is 0 Å². The Morgan fingerprint density at radius 2 is 2.26 bits per heavy atom. The summed E-state index contributed by atoms with van der Waals surface area (Å²) in [5.74, 6) is 0.774. The highest BCUT2D eigenvalue weighted by molar-refractivity contribution is 6.30. The summed E-state index contributed by atoms with van der Waals surface area (Å²) in [6.45, 7) is 2.24. The number of rotatable bonds is 3. The number of hydrogen-bond acceptors (Lipinski definition) is 2. The highest BCUT2D eigenvalue weighted by Gasteiger charge is 2.32. The van der Waals surface area contributed by atoms with Gasteiger partial charge in [-0.2, -0.15) is 5.26 Å². The van der Waals surface area contributed by atoms with E-state index >= 15 is 0 Å². The highest BCUT2D eigenvalue weighted by Crippen LogP contribution is 2.34. The van der Waals surface area contributed by atoms with Crippen molar-refractivity contribution in [1.29, 1.82) is 5.26 Å². The van der Waals surface area contributed by atoms with Crippen molar-refractivity contribution >= 4 is 17.3 Å². The predicted molar refractivity (Wildman–Crippen MR) is 80.3 cm³/mol. The second kappa shape index (κ2) is 6.30. The molecule has 102 valence electrons. The van der Waals surface area contributed by atoms with E-state index in [1.54, 1.807) is 0 Å². The SMILES string of the molecule is CCC1CCCC(C#N)(Nc2cccc(Cl)c2)CC1.